The highest BCUT2D eigenvalue weighted by atomic mass is 15.2. The van der Waals surface area contributed by atoms with Gasteiger partial charge in [0.15, 0.2) is 0 Å². The average molecular weight is 223 g/mol. The Morgan fingerprint density at radius 3 is 2.06 bits per heavy atom. The van der Waals surface area contributed by atoms with Gasteiger partial charge in [0.1, 0.15) is 0 Å². The second-order valence-corrected chi connectivity index (χ2v) is 6.83. The second-order valence-electron chi connectivity index (χ2n) is 6.83. The molecule has 1 saturated heterocycles. The quantitative estimate of drug-likeness (QED) is 0.643. The standard InChI is InChI=1S/C15H29N/c1-15(2,3)16-12-8-7-11-14(16)13-9-5-4-6-10-13/h13-14H,4-12H2,1-3H3/t14-/m0/s1. The molecule has 0 spiro atoms. The molecule has 0 amide bonds. The van der Waals surface area contributed by atoms with Crippen molar-refractivity contribution in [3.8, 4) is 0 Å². The molecule has 2 aliphatic rings. The van der Waals surface area contributed by atoms with E-state index in [1.165, 1.54) is 57.9 Å². The predicted molar refractivity (Wildman–Crippen MR) is 70.7 cm³/mol. The largest absolute Gasteiger partial charge is 0.295 e. The molecule has 94 valence electrons. The fourth-order valence-corrected chi connectivity index (χ4v) is 3.80. The fraction of sp³-hybridized carbons (Fsp3) is 1.00. The first-order valence-electron chi connectivity index (χ1n) is 7.36. The van der Waals surface area contributed by atoms with E-state index >= 15 is 0 Å². The Balaban J connectivity index is 2.03. The molecule has 2 rings (SSSR count). The molecule has 0 N–H and O–H groups in total. The summed E-state index contributed by atoms with van der Waals surface area (Å²) in [6.45, 7) is 8.53. The van der Waals surface area contributed by atoms with E-state index in [4.69, 9.17) is 0 Å². The zero-order chi connectivity index (χ0) is 11.6. The van der Waals surface area contributed by atoms with Crippen molar-refractivity contribution in [1.29, 1.82) is 0 Å². The van der Waals surface area contributed by atoms with Crippen LogP contribution in [0.4, 0.5) is 0 Å². The van der Waals surface area contributed by atoms with Gasteiger partial charge < -0.3 is 0 Å². The molecule has 1 aliphatic heterocycles. The molecule has 1 nitrogen and oxygen atoms in total. The molecular weight excluding hydrogens is 194 g/mol. The van der Waals surface area contributed by atoms with Gasteiger partial charge >= 0.3 is 0 Å². The summed E-state index contributed by atoms with van der Waals surface area (Å²) in [7, 11) is 0. The van der Waals surface area contributed by atoms with Crippen LogP contribution in [0.3, 0.4) is 0 Å². The fourth-order valence-electron chi connectivity index (χ4n) is 3.80. The third kappa shape index (κ3) is 2.80. The minimum atomic E-state index is 0.378. The predicted octanol–water partition coefficient (Wildman–Crippen LogP) is 4.22. The lowest BCUT2D eigenvalue weighted by atomic mass is 9.78. The summed E-state index contributed by atoms with van der Waals surface area (Å²) < 4.78 is 0. The van der Waals surface area contributed by atoms with E-state index in [0.717, 1.165) is 12.0 Å². The molecule has 1 heteroatoms. The second kappa shape index (κ2) is 5.08. The van der Waals surface area contributed by atoms with Gasteiger partial charge in [-0.1, -0.05) is 25.7 Å². The smallest absolute Gasteiger partial charge is 0.0129 e. The Morgan fingerprint density at radius 1 is 0.812 bits per heavy atom. The van der Waals surface area contributed by atoms with Crippen molar-refractivity contribution in [3.05, 3.63) is 0 Å². The Morgan fingerprint density at radius 2 is 1.44 bits per heavy atom. The van der Waals surface area contributed by atoms with Crippen LogP contribution in [0, 0.1) is 5.92 Å². The van der Waals surface area contributed by atoms with Gasteiger partial charge in [-0.05, 0) is 58.9 Å². The SMILES string of the molecule is CC(C)(C)N1CCCC[C@H]1C1CCCCC1. The van der Waals surface area contributed by atoms with Gasteiger partial charge in [-0.25, -0.2) is 0 Å². The van der Waals surface area contributed by atoms with Crippen molar-refractivity contribution in [2.24, 2.45) is 5.92 Å². The summed E-state index contributed by atoms with van der Waals surface area (Å²) in [4.78, 5) is 2.81. The number of nitrogens with zero attached hydrogens (tertiary/aromatic N) is 1. The molecule has 2 fully saturated rings. The van der Waals surface area contributed by atoms with Crippen molar-refractivity contribution in [2.75, 3.05) is 6.54 Å². The van der Waals surface area contributed by atoms with E-state index in [0.29, 0.717) is 5.54 Å². The summed E-state index contributed by atoms with van der Waals surface area (Å²) in [5.41, 5.74) is 0.378. The zero-order valence-electron chi connectivity index (χ0n) is 11.5. The van der Waals surface area contributed by atoms with E-state index in [-0.39, 0.29) is 0 Å². The molecule has 0 aromatic rings. The third-order valence-electron chi connectivity index (χ3n) is 4.60. The van der Waals surface area contributed by atoms with Crippen molar-refractivity contribution in [1.82, 2.24) is 4.90 Å². The summed E-state index contributed by atoms with van der Waals surface area (Å²) in [5, 5.41) is 0. The van der Waals surface area contributed by atoms with Gasteiger partial charge in [0.25, 0.3) is 0 Å². The first-order valence-corrected chi connectivity index (χ1v) is 7.36. The summed E-state index contributed by atoms with van der Waals surface area (Å²) in [5.74, 6) is 1.01. The van der Waals surface area contributed by atoms with E-state index in [2.05, 4.69) is 25.7 Å². The van der Waals surface area contributed by atoms with Crippen LogP contribution < -0.4 is 0 Å². The van der Waals surface area contributed by atoms with Crippen LogP contribution in [0.15, 0.2) is 0 Å². The molecule has 0 radical (unpaired) electrons. The Bertz CT molecular complexity index is 210. The van der Waals surface area contributed by atoms with Crippen molar-refractivity contribution < 1.29 is 0 Å². The van der Waals surface area contributed by atoms with E-state index < -0.39 is 0 Å². The first-order chi connectivity index (χ1) is 7.59. The van der Waals surface area contributed by atoms with Crippen molar-refractivity contribution in [2.45, 2.75) is 83.7 Å². The minimum Gasteiger partial charge on any atom is -0.295 e. The molecule has 0 bridgehead atoms. The lowest BCUT2D eigenvalue weighted by molar-refractivity contribution is 0.0103. The van der Waals surface area contributed by atoms with Gasteiger partial charge in [0.2, 0.25) is 0 Å². The Labute approximate surface area is 102 Å². The third-order valence-corrected chi connectivity index (χ3v) is 4.60. The maximum absolute atomic E-state index is 2.81. The van der Waals surface area contributed by atoms with Gasteiger partial charge in [-0.15, -0.1) is 0 Å². The Kier molecular flexibility index (Phi) is 3.94. The zero-order valence-corrected chi connectivity index (χ0v) is 11.5. The number of piperidine rings is 1. The number of hydrogen-bond acceptors (Lipinski definition) is 1. The highest BCUT2D eigenvalue weighted by Gasteiger charge is 2.35. The molecule has 1 aliphatic carbocycles. The summed E-state index contributed by atoms with van der Waals surface area (Å²) in [6.07, 6.45) is 11.8. The van der Waals surface area contributed by atoms with Gasteiger partial charge in [-0.2, -0.15) is 0 Å². The highest BCUT2D eigenvalue weighted by Crippen LogP contribution is 2.36. The van der Waals surface area contributed by atoms with Gasteiger partial charge in [-0.3, -0.25) is 4.90 Å². The number of likely N-dealkylation sites (tertiary alicyclic amines) is 1. The molecular formula is C15H29N. The molecule has 16 heavy (non-hydrogen) atoms. The maximum atomic E-state index is 2.81. The lowest BCUT2D eigenvalue weighted by Crippen LogP contribution is -2.53. The number of hydrogen-bond donors (Lipinski definition) is 0. The summed E-state index contributed by atoms with van der Waals surface area (Å²) >= 11 is 0. The maximum Gasteiger partial charge on any atom is 0.0129 e. The van der Waals surface area contributed by atoms with Crippen molar-refractivity contribution >= 4 is 0 Å². The molecule has 1 heterocycles. The van der Waals surface area contributed by atoms with Crippen LogP contribution in [0.1, 0.15) is 72.1 Å². The number of rotatable bonds is 1. The normalized spacial score (nSPS) is 30.6. The van der Waals surface area contributed by atoms with E-state index in [9.17, 15) is 0 Å². The van der Waals surface area contributed by atoms with E-state index in [1.807, 2.05) is 0 Å². The van der Waals surface area contributed by atoms with E-state index in [1.54, 1.807) is 0 Å². The van der Waals surface area contributed by atoms with Crippen LogP contribution >= 0.6 is 0 Å². The topological polar surface area (TPSA) is 3.24 Å². The van der Waals surface area contributed by atoms with Crippen LogP contribution in [0.25, 0.3) is 0 Å². The first kappa shape index (κ1) is 12.4. The molecule has 0 aromatic heterocycles. The van der Waals surface area contributed by atoms with Crippen LogP contribution in [-0.2, 0) is 0 Å². The van der Waals surface area contributed by atoms with Gasteiger partial charge in [0.05, 0.1) is 0 Å². The van der Waals surface area contributed by atoms with Gasteiger partial charge in [0, 0.05) is 11.6 Å². The summed E-state index contributed by atoms with van der Waals surface area (Å²) in [6, 6.07) is 0.897. The molecule has 1 atom stereocenters. The lowest BCUT2D eigenvalue weighted by Gasteiger charge is -2.48. The molecule has 0 aromatic carbocycles. The molecule has 0 unspecified atom stereocenters. The minimum absolute atomic E-state index is 0.378. The van der Waals surface area contributed by atoms with Crippen LogP contribution in [-0.4, -0.2) is 23.0 Å². The monoisotopic (exact) mass is 223 g/mol. The average Bonchev–Trinajstić information content (AvgIpc) is 2.29. The Hall–Kier alpha value is -0.0400. The van der Waals surface area contributed by atoms with Crippen LogP contribution in [0.5, 0.6) is 0 Å². The highest BCUT2D eigenvalue weighted by molar-refractivity contribution is 4.90. The van der Waals surface area contributed by atoms with Crippen LogP contribution in [0.2, 0.25) is 0 Å². The van der Waals surface area contributed by atoms with Crippen molar-refractivity contribution in [3.63, 3.8) is 0 Å². The molecule has 1 saturated carbocycles.